The summed E-state index contributed by atoms with van der Waals surface area (Å²) in [7, 11) is 5.40. The van der Waals surface area contributed by atoms with Crippen molar-refractivity contribution in [3.05, 3.63) is 117 Å². The van der Waals surface area contributed by atoms with Crippen LogP contribution in [0.1, 0.15) is 128 Å². The summed E-state index contributed by atoms with van der Waals surface area (Å²) in [5.74, 6) is -5.03. The van der Waals surface area contributed by atoms with Gasteiger partial charge in [-0.1, -0.05) is 24.3 Å². The standard InChI is InChI=1S/C63H87N17O13/c1-35(77-55(85)14-6-7-23-73-60(65)66)47(81)31-37-16-20-52(91-3)41(28-37)57(87)79-45(12-9-25-75-62(69)70)49(83)33-39-18-22-54(93-5)43(30-39)59(89)80-46(13-10-26-76-63(71)72)50(84)34-38-17-21-53(92-4)42(29-38)58(88)78-44(11-8-24-74-61(67)68)48(82)32-36-15-19-51(90-2)40(27-36)56(64)86/h15-22,27-30,35,44-46H,6-14,23-26,31-34H2,1-5H3,(H2,64,86)(H,77,85)(H,78,88)(H,79,87)(H,80,89)(H4,65,66,73)(H4,67,68,74)(H4,69,70,75)(H4,71,72,76)/t35-,44-,45-,46-/m0/s1. The molecule has 0 aliphatic heterocycles. The Bertz CT molecular complexity index is 3430. The summed E-state index contributed by atoms with van der Waals surface area (Å²) in [6.45, 7) is 2.28. The molecule has 0 spiro atoms. The minimum atomic E-state index is -1.19. The molecule has 0 heterocycles. The van der Waals surface area contributed by atoms with Crippen LogP contribution in [0.15, 0.2) is 92.8 Å². The molecule has 30 nitrogen and oxygen atoms in total. The van der Waals surface area contributed by atoms with Gasteiger partial charge in [0.1, 0.15) is 23.0 Å². The molecule has 0 fully saturated rings. The Labute approximate surface area is 539 Å². The highest BCUT2D eigenvalue weighted by atomic mass is 16.5. The zero-order chi connectivity index (χ0) is 68.7. The molecule has 0 saturated heterocycles. The van der Waals surface area contributed by atoms with Crippen LogP contribution in [0.25, 0.3) is 0 Å². The van der Waals surface area contributed by atoms with Gasteiger partial charge < -0.3 is 91.8 Å². The number of aliphatic imine (C=N–C) groups is 4. The maximum absolute atomic E-state index is 14.5. The Morgan fingerprint density at radius 3 is 0.946 bits per heavy atom. The van der Waals surface area contributed by atoms with Crippen molar-refractivity contribution in [1.82, 2.24) is 21.3 Å². The van der Waals surface area contributed by atoms with Gasteiger partial charge in [-0.05, 0) is 129 Å². The molecular weight excluding hydrogens is 1200 g/mol. The summed E-state index contributed by atoms with van der Waals surface area (Å²) < 4.78 is 21.9. The van der Waals surface area contributed by atoms with Crippen molar-refractivity contribution < 1.29 is 62.1 Å². The van der Waals surface area contributed by atoms with E-state index in [0.29, 0.717) is 41.6 Å². The molecule has 0 aliphatic rings. The number of methoxy groups -OCH3 is 4. The van der Waals surface area contributed by atoms with Gasteiger partial charge in [0.2, 0.25) is 5.91 Å². The van der Waals surface area contributed by atoms with Crippen LogP contribution >= 0.6 is 0 Å². The number of Topliss-reactive ketones (excluding diaryl/α,β-unsaturated/α-hetero) is 4. The number of nitrogens with two attached hydrogens (primary N) is 9. The summed E-state index contributed by atoms with van der Waals surface area (Å²) in [4.78, 5) is 140. The summed E-state index contributed by atoms with van der Waals surface area (Å²) in [5, 5.41) is 11.1. The van der Waals surface area contributed by atoms with Crippen LogP contribution in [-0.4, -0.2) is 155 Å². The molecule has 4 atom stereocenters. The summed E-state index contributed by atoms with van der Waals surface area (Å²) in [6.07, 6.45) is 1.17. The van der Waals surface area contributed by atoms with Crippen molar-refractivity contribution in [3.63, 3.8) is 0 Å². The minimum absolute atomic E-state index is 0.0158. The zero-order valence-electron chi connectivity index (χ0n) is 53.1. The third-order valence-electron chi connectivity index (χ3n) is 14.5. The van der Waals surface area contributed by atoms with Crippen molar-refractivity contribution >= 4 is 76.5 Å². The highest BCUT2D eigenvalue weighted by Gasteiger charge is 2.29. The number of benzene rings is 4. The third kappa shape index (κ3) is 25.2. The Hall–Kier alpha value is -10.8. The molecule has 0 bridgehead atoms. The van der Waals surface area contributed by atoms with E-state index in [-0.39, 0.29) is 171 Å². The average Bonchev–Trinajstić information content (AvgIpc) is 1.02. The third-order valence-corrected chi connectivity index (χ3v) is 14.5. The molecule has 5 amide bonds. The molecule has 0 unspecified atom stereocenters. The maximum atomic E-state index is 14.5. The van der Waals surface area contributed by atoms with E-state index in [4.69, 9.17) is 70.6 Å². The fourth-order valence-electron chi connectivity index (χ4n) is 9.67. The lowest BCUT2D eigenvalue weighted by Gasteiger charge is -2.21. The number of amides is 5. The van der Waals surface area contributed by atoms with Gasteiger partial charge in [-0.2, -0.15) is 0 Å². The number of unbranched alkanes of at least 4 members (excludes halogenated alkanes) is 1. The molecule has 93 heavy (non-hydrogen) atoms. The topological polar surface area (TPSA) is 522 Å². The molecule has 4 rings (SSSR count). The normalized spacial score (nSPS) is 12.0. The van der Waals surface area contributed by atoms with Gasteiger partial charge in [-0.3, -0.25) is 63.1 Å². The second-order valence-corrected chi connectivity index (χ2v) is 21.6. The molecule has 0 aromatic heterocycles. The second kappa shape index (κ2) is 38.0. The Morgan fingerprint density at radius 1 is 0.376 bits per heavy atom. The summed E-state index contributed by atoms with van der Waals surface area (Å²) in [6, 6.07) is 13.8. The van der Waals surface area contributed by atoms with Crippen molar-refractivity contribution in [3.8, 4) is 23.0 Å². The van der Waals surface area contributed by atoms with Crippen LogP contribution < -0.4 is 91.8 Å². The molecule has 502 valence electrons. The molecule has 30 heteroatoms. The van der Waals surface area contributed by atoms with Gasteiger partial charge in [0.05, 0.1) is 74.9 Å². The van der Waals surface area contributed by atoms with Crippen LogP contribution in [0.4, 0.5) is 0 Å². The molecular formula is C63H87N17O13. The number of carbonyl (C=O) groups is 9. The van der Waals surface area contributed by atoms with Gasteiger partial charge in [0.25, 0.3) is 23.6 Å². The zero-order valence-corrected chi connectivity index (χ0v) is 53.1. The van der Waals surface area contributed by atoms with E-state index in [0.717, 1.165) is 0 Å². The summed E-state index contributed by atoms with van der Waals surface area (Å²) >= 11 is 0. The quantitative estimate of drug-likeness (QED) is 0.0155. The molecule has 0 saturated carbocycles. The van der Waals surface area contributed by atoms with E-state index >= 15 is 0 Å². The van der Waals surface area contributed by atoms with Crippen molar-refractivity contribution in [2.75, 3.05) is 54.6 Å². The predicted octanol–water partition coefficient (Wildman–Crippen LogP) is -0.229. The van der Waals surface area contributed by atoms with E-state index in [9.17, 15) is 43.2 Å². The van der Waals surface area contributed by atoms with E-state index in [1.807, 2.05) is 0 Å². The molecule has 4 aromatic rings. The van der Waals surface area contributed by atoms with Gasteiger partial charge in [-0.25, -0.2) is 0 Å². The highest BCUT2D eigenvalue weighted by Crippen LogP contribution is 2.26. The first kappa shape index (κ1) is 74.7. The lowest BCUT2D eigenvalue weighted by atomic mass is 9.96. The van der Waals surface area contributed by atoms with Crippen molar-refractivity contribution in [1.29, 1.82) is 0 Å². The highest BCUT2D eigenvalue weighted by molar-refractivity contribution is 6.04. The number of nitrogens with zero attached hydrogens (tertiary/aromatic N) is 4. The number of ketones is 4. The predicted molar refractivity (Wildman–Crippen MR) is 351 cm³/mol. The van der Waals surface area contributed by atoms with Gasteiger partial charge in [0, 0.05) is 58.3 Å². The Morgan fingerprint density at radius 2 is 0.656 bits per heavy atom. The minimum Gasteiger partial charge on any atom is -0.496 e. The lowest BCUT2D eigenvalue weighted by Crippen LogP contribution is -2.42. The number of guanidine groups is 4. The lowest BCUT2D eigenvalue weighted by molar-refractivity contribution is -0.127. The first-order valence-corrected chi connectivity index (χ1v) is 29.8. The number of hydrogen-bond donors (Lipinski definition) is 13. The molecule has 4 aromatic carbocycles. The fraction of sp³-hybridized carbons (Fsp3) is 0.413. The fourth-order valence-corrected chi connectivity index (χ4v) is 9.67. The number of nitrogens with one attached hydrogen (secondary N) is 4. The van der Waals surface area contributed by atoms with Crippen LogP contribution in [0.3, 0.4) is 0 Å². The maximum Gasteiger partial charge on any atom is 0.255 e. The molecule has 0 radical (unpaired) electrons. The van der Waals surface area contributed by atoms with Crippen LogP contribution in [0.5, 0.6) is 23.0 Å². The van der Waals surface area contributed by atoms with Gasteiger partial charge >= 0.3 is 0 Å². The average molecular weight is 1290 g/mol. The molecule has 0 aliphatic carbocycles. The van der Waals surface area contributed by atoms with Crippen LogP contribution in [0.2, 0.25) is 0 Å². The largest absolute Gasteiger partial charge is 0.496 e. The van der Waals surface area contributed by atoms with E-state index in [1.165, 1.54) is 77.0 Å². The van der Waals surface area contributed by atoms with E-state index < -0.39 is 65.1 Å². The van der Waals surface area contributed by atoms with E-state index in [2.05, 4.69) is 41.2 Å². The first-order valence-electron chi connectivity index (χ1n) is 29.8. The summed E-state index contributed by atoms with van der Waals surface area (Å²) in [5.41, 5.74) is 51.2. The Kier molecular flexibility index (Phi) is 30.5. The number of primary amides is 1. The van der Waals surface area contributed by atoms with Gasteiger partial charge in [0.15, 0.2) is 47.0 Å². The number of hydrogen-bond acceptors (Lipinski definition) is 17. The SMILES string of the molecule is COc1ccc(CC(=O)[C@H](CCCN=C(N)N)NC(=O)c2cc(CC(=O)[C@H](CCCN=C(N)N)NC(=O)c3cc(CC(=O)[C@H](CCCN=C(N)N)NC(=O)c4cc(CC(=O)[C@H](C)NC(=O)CCCCN=C(N)N)ccc4OC)ccc3OC)ccc2OC)cc1C(N)=O. The van der Waals surface area contributed by atoms with Crippen LogP contribution in [-0.2, 0) is 49.7 Å². The number of carbonyl (C=O) groups excluding carboxylic acids is 9. The van der Waals surface area contributed by atoms with E-state index in [1.54, 1.807) is 31.2 Å². The smallest absolute Gasteiger partial charge is 0.255 e. The number of rotatable bonds is 41. The van der Waals surface area contributed by atoms with Crippen molar-refractivity contribution in [2.45, 2.75) is 115 Å². The van der Waals surface area contributed by atoms with Gasteiger partial charge in [-0.15, -0.1) is 0 Å². The second-order valence-electron chi connectivity index (χ2n) is 21.6. The number of ether oxygens (including phenoxy) is 4. The Balaban J connectivity index is 1.59. The first-order chi connectivity index (χ1) is 44.3. The van der Waals surface area contributed by atoms with Crippen molar-refractivity contribution in [2.24, 2.45) is 71.6 Å². The van der Waals surface area contributed by atoms with Crippen LogP contribution in [0, 0.1) is 0 Å². The monoisotopic (exact) mass is 1290 g/mol. The molecule has 22 N–H and O–H groups in total.